The van der Waals surface area contributed by atoms with Crippen LogP contribution in [0.4, 0.5) is 0 Å². The number of nitrogens with zero attached hydrogens (tertiary/aromatic N) is 5. The molecule has 0 atom stereocenters. The zero-order chi connectivity index (χ0) is 21.1. The Balaban J connectivity index is 1.42. The molecule has 152 valence electrons. The second-order valence-corrected chi connectivity index (χ2v) is 6.88. The van der Waals surface area contributed by atoms with E-state index in [-0.39, 0.29) is 12.4 Å². The summed E-state index contributed by atoms with van der Waals surface area (Å²) in [6, 6.07) is 15.4. The molecular weight excluding hydrogens is 380 g/mol. The van der Waals surface area contributed by atoms with Gasteiger partial charge in [-0.15, -0.1) is 0 Å². The van der Waals surface area contributed by atoms with Crippen LogP contribution in [0.25, 0.3) is 17.3 Å². The van der Waals surface area contributed by atoms with Crippen molar-refractivity contribution in [2.24, 2.45) is 10.9 Å². The largest absolute Gasteiger partial charge is 0.441 e. The molecule has 2 N–H and O–H groups in total. The summed E-state index contributed by atoms with van der Waals surface area (Å²) < 4.78 is 7.50. The van der Waals surface area contributed by atoms with Gasteiger partial charge in [0.15, 0.2) is 18.3 Å². The van der Waals surface area contributed by atoms with Crippen molar-refractivity contribution in [2.75, 3.05) is 0 Å². The highest BCUT2D eigenvalue weighted by molar-refractivity contribution is 5.96. The summed E-state index contributed by atoms with van der Waals surface area (Å²) in [4.78, 5) is 14.3. The van der Waals surface area contributed by atoms with Gasteiger partial charge in [-0.25, -0.2) is 14.6 Å². The summed E-state index contributed by atoms with van der Waals surface area (Å²) >= 11 is 0. The molecule has 0 fully saturated rings. The van der Waals surface area contributed by atoms with E-state index in [1.54, 1.807) is 10.9 Å². The van der Waals surface area contributed by atoms with Crippen LogP contribution in [-0.2, 0) is 11.4 Å². The molecule has 0 spiro atoms. The maximum absolute atomic E-state index is 6.03. The van der Waals surface area contributed by atoms with Gasteiger partial charge >= 0.3 is 0 Å². The first-order valence-electron chi connectivity index (χ1n) is 9.48. The summed E-state index contributed by atoms with van der Waals surface area (Å²) in [6.45, 7) is 5.92. The molecule has 8 heteroatoms. The summed E-state index contributed by atoms with van der Waals surface area (Å²) in [6.07, 6.45) is 1.64. The molecule has 1 aromatic carbocycles. The van der Waals surface area contributed by atoms with E-state index in [9.17, 15) is 0 Å². The maximum atomic E-state index is 6.03. The fraction of sp³-hybridized carbons (Fsp3) is 0.182. The summed E-state index contributed by atoms with van der Waals surface area (Å²) in [7, 11) is 0. The van der Waals surface area contributed by atoms with Crippen LogP contribution in [0.2, 0.25) is 0 Å². The predicted octanol–water partition coefficient (Wildman–Crippen LogP) is 3.68. The Morgan fingerprint density at radius 3 is 2.60 bits per heavy atom. The number of rotatable bonds is 6. The number of oxazole rings is 1. The Morgan fingerprint density at radius 2 is 1.93 bits per heavy atom. The van der Waals surface area contributed by atoms with Crippen LogP contribution in [0.15, 0.2) is 64.3 Å². The molecule has 0 unspecified atom stereocenters. The van der Waals surface area contributed by atoms with E-state index in [1.165, 1.54) is 0 Å². The zero-order valence-electron chi connectivity index (χ0n) is 17.0. The molecule has 0 radical (unpaired) electrons. The molecule has 8 nitrogen and oxygen atoms in total. The van der Waals surface area contributed by atoms with E-state index in [0.717, 1.165) is 17.0 Å². The maximum Gasteiger partial charge on any atom is 0.226 e. The molecule has 0 aliphatic rings. The summed E-state index contributed by atoms with van der Waals surface area (Å²) in [5.74, 6) is 2.17. The lowest BCUT2D eigenvalue weighted by atomic mass is 10.2. The van der Waals surface area contributed by atoms with Crippen molar-refractivity contribution < 1.29 is 9.25 Å². The zero-order valence-corrected chi connectivity index (χ0v) is 17.0. The third-order valence-corrected chi connectivity index (χ3v) is 4.55. The number of nitrogens with two attached hydrogens (primary N) is 1. The van der Waals surface area contributed by atoms with E-state index in [0.29, 0.717) is 28.7 Å². The lowest BCUT2D eigenvalue weighted by Crippen LogP contribution is -2.15. The van der Waals surface area contributed by atoms with Crippen molar-refractivity contribution in [3.63, 3.8) is 0 Å². The van der Waals surface area contributed by atoms with E-state index in [2.05, 4.69) is 20.2 Å². The van der Waals surface area contributed by atoms with Crippen molar-refractivity contribution in [1.29, 1.82) is 0 Å². The van der Waals surface area contributed by atoms with Gasteiger partial charge in [0, 0.05) is 23.0 Å². The minimum absolute atomic E-state index is 0.153. The van der Waals surface area contributed by atoms with Crippen LogP contribution in [0.1, 0.15) is 28.4 Å². The van der Waals surface area contributed by atoms with Crippen molar-refractivity contribution in [2.45, 2.75) is 27.4 Å². The van der Waals surface area contributed by atoms with Gasteiger partial charge in [0.1, 0.15) is 11.5 Å². The number of aryl methyl sites for hydroxylation is 3. The number of hydrogen-bond donors (Lipinski definition) is 1. The Labute approximate surface area is 174 Å². The first-order valence-corrected chi connectivity index (χ1v) is 9.48. The van der Waals surface area contributed by atoms with Gasteiger partial charge in [-0.2, -0.15) is 5.10 Å². The average molecular weight is 402 g/mol. The quantitative estimate of drug-likeness (QED) is 0.300. The molecule has 0 bridgehead atoms. The Kier molecular flexibility index (Phi) is 5.30. The van der Waals surface area contributed by atoms with Gasteiger partial charge in [0.05, 0.1) is 5.69 Å². The molecule has 0 saturated carbocycles. The molecule has 3 aromatic heterocycles. The Morgan fingerprint density at radius 1 is 1.13 bits per heavy atom. The highest BCUT2D eigenvalue weighted by Gasteiger charge is 2.12. The topological polar surface area (TPSA) is 104 Å². The van der Waals surface area contributed by atoms with Gasteiger partial charge in [0.25, 0.3) is 0 Å². The number of pyridine rings is 1. The van der Waals surface area contributed by atoms with Crippen molar-refractivity contribution in [3.05, 3.63) is 83.1 Å². The molecule has 0 amide bonds. The normalized spacial score (nSPS) is 11.6. The van der Waals surface area contributed by atoms with E-state index < -0.39 is 0 Å². The lowest BCUT2D eigenvalue weighted by Gasteiger charge is -2.05. The van der Waals surface area contributed by atoms with E-state index in [4.69, 9.17) is 15.0 Å². The second kappa shape index (κ2) is 8.20. The average Bonchev–Trinajstić information content (AvgIpc) is 3.30. The van der Waals surface area contributed by atoms with Crippen LogP contribution >= 0.6 is 0 Å². The summed E-state index contributed by atoms with van der Waals surface area (Å²) in [5, 5.41) is 8.41. The predicted molar refractivity (Wildman–Crippen MR) is 113 cm³/mol. The Hall–Kier alpha value is -3.94. The minimum Gasteiger partial charge on any atom is -0.441 e. The van der Waals surface area contributed by atoms with Crippen LogP contribution < -0.4 is 5.73 Å². The first kappa shape index (κ1) is 19.4. The van der Waals surface area contributed by atoms with Crippen LogP contribution in [-0.4, -0.2) is 25.6 Å². The number of oxime groups is 1. The SMILES string of the molecule is Cc1cc(C)n(-c2ccc(/C(N)=N/OCc3nc(-c4ccccc4)oc3C)cn2)n1. The Bertz CT molecular complexity index is 1180. The fourth-order valence-electron chi connectivity index (χ4n) is 3.01. The van der Waals surface area contributed by atoms with Gasteiger partial charge in [0.2, 0.25) is 5.89 Å². The van der Waals surface area contributed by atoms with Crippen molar-refractivity contribution in [3.8, 4) is 17.3 Å². The van der Waals surface area contributed by atoms with Crippen molar-refractivity contribution >= 4 is 5.84 Å². The van der Waals surface area contributed by atoms with Crippen LogP contribution in [0.5, 0.6) is 0 Å². The molecule has 0 saturated heterocycles. The third-order valence-electron chi connectivity index (χ3n) is 4.55. The molecular formula is C22H22N6O2. The molecule has 0 aliphatic carbocycles. The summed E-state index contributed by atoms with van der Waals surface area (Å²) in [5.41, 5.74) is 10.2. The minimum atomic E-state index is 0.153. The third kappa shape index (κ3) is 4.07. The number of benzene rings is 1. The van der Waals surface area contributed by atoms with Crippen LogP contribution in [0.3, 0.4) is 0 Å². The van der Waals surface area contributed by atoms with Crippen molar-refractivity contribution in [1.82, 2.24) is 19.7 Å². The molecule has 4 aromatic rings. The lowest BCUT2D eigenvalue weighted by molar-refractivity contribution is 0.127. The highest BCUT2D eigenvalue weighted by Crippen LogP contribution is 2.21. The van der Waals surface area contributed by atoms with E-state index >= 15 is 0 Å². The van der Waals surface area contributed by atoms with E-state index in [1.807, 2.05) is 69.3 Å². The molecule has 4 rings (SSSR count). The second-order valence-electron chi connectivity index (χ2n) is 6.88. The molecule has 30 heavy (non-hydrogen) atoms. The monoisotopic (exact) mass is 402 g/mol. The highest BCUT2D eigenvalue weighted by atomic mass is 16.6. The molecule has 3 heterocycles. The van der Waals surface area contributed by atoms with Crippen LogP contribution in [0, 0.1) is 20.8 Å². The van der Waals surface area contributed by atoms with Gasteiger partial charge in [-0.1, -0.05) is 23.4 Å². The fourth-order valence-corrected chi connectivity index (χ4v) is 3.01. The molecule has 0 aliphatic heterocycles. The van der Waals surface area contributed by atoms with Gasteiger partial charge in [-0.3, -0.25) is 0 Å². The van der Waals surface area contributed by atoms with Gasteiger partial charge in [-0.05, 0) is 51.1 Å². The smallest absolute Gasteiger partial charge is 0.226 e. The number of amidine groups is 1. The van der Waals surface area contributed by atoms with Gasteiger partial charge < -0.3 is 15.0 Å². The number of hydrogen-bond acceptors (Lipinski definition) is 6. The standard InChI is InChI=1S/C22H22N6O2/c1-14-11-15(2)28(26-14)20-10-9-18(12-24-20)21(23)27-29-13-19-16(3)30-22(25-19)17-7-5-4-6-8-17/h4-12H,13H2,1-3H3,(H2,23,27). The number of aromatic nitrogens is 4. The first-order chi connectivity index (χ1) is 14.5.